The summed E-state index contributed by atoms with van der Waals surface area (Å²) >= 11 is 0. The Morgan fingerprint density at radius 3 is 2.41 bits per heavy atom. The highest BCUT2D eigenvalue weighted by Crippen LogP contribution is 2.15. The van der Waals surface area contributed by atoms with Gasteiger partial charge in [-0.15, -0.1) is 12.4 Å². The quantitative estimate of drug-likeness (QED) is 0.763. The van der Waals surface area contributed by atoms with E-state index in [-0.39, 0.29) is 24.4 Å². The fourth-order valence-electron chi connectivity index (χ4n) is 2.31. The van der Waals surface area contributed by atoms with Crippen LogP contribution in [0, 0.1) is 0 Å². The number of nitrogens with zero attached hydrogens (tertiary/aromatic N) is 1. The second-order valence-electron chi connectivity index (χ2n) is 4.28. The summed E-state index contributed by atoms with van der Waals surface area (Å²) in [4.78, 5) is 14.0. The molecule has 0 amide bonds. The molecule has 1 rings (SSSR count). The summed E-state index contributed by atoms with van der Waals surface area (Å²) in [7, 11) is 2.00. The molecular formula is C12H25ClN2O2. The van der Waals surface area contributed by atoms with Gasteiger partial charge < -0.3 is 10.1 Å². The molecule has 5 heteroatoms. The molecule has 4 nitrogen and oxygen atoms in total. The van der Waals surface area contributed by atoms with Gasteiger partial charge in [0, 0.05) is 19.1 Å². The minimum Gasteiger partial charge on any atom is -0.465 e. The third-order valence-electron chi connectivity index (χ3n) is 3.32. The monoisotopic (exact) mass is 264 g/mol. The molecule has 0 radical (unpaired) electrons. The third kappa shape index (κ3) is 4.82. The highest BCUT2D eigenvalue weighted by molar-refractivity contribution is 5.85. The van der Waals surface area contributed by atoms with Gasteiger partial charge in [0.1, 0.15) is 6.04 Å². The lowest BCUT2D eigenvalue weighted by molar-refractivity contribution is -0.150. The first-order valence-corrected chi connectivity index (χ1v) is 6.30. The van der Waals surface area contributed by atoms with Crippen molar-refractivity contribution < 1.29 is 9.53 Å². The summed E-state index contributed by atoms with van der Waals surface area (Å²) in [5.74, 6) is -0.0621. The summed E-state index contributed by atoms with van der Waals surface area (Å²) in [6, 6.07) is 0.564. The predicted octanol–water partition coefficient (Wildman–Crippen LogP) is 1.43. The molecule has 0 aliphatic carbocycles. The number of carbonyl (C=O) groups excluding carboxylic acids is 1. The first kappa shape index (κ1) is 16.7. The van der Waals surface area contributed by atoms with Crippen molar-refractivity contribution in [1.29, 1.82) is 0 Å². The van der Waals surface area contributed by atoms with Crippen molar-refractivity contribution in [2.24, 2.45) is 0 Å². The van der Waals surface area contributed by atoms with Crippen LogP contribution in [0.2, 0.25) is 0 Å². The van der Waals surface area contributed by atoms with Crippen LogP contribution in [0.5, 0.6) is 0 Å². The summed E-state index contributed by atoms with van der Waals surface area (Å²) < 4.78 is 5.11. The highest BCUT2D eigenvalue weighted by Gasteiger charge is 2.28. The summed E-state index contributed by atoms with van der Waals surface area (Å²) in [6.07, 6.45) is 3.07. The van der Waals surface area contributed by atoms with Crippen LogP contribution in [0.4, 0.5) is 0 Å². The Morgan fingerprint density at radius 1 is 1.41 bits per heavy atom. The highest BCUT2D eigenvalue weighted by atomic mass is 35.5. The number of piperidine rings is 1. The molecule has 0 saturated carbocycles. The van der Waals surface area contributed by atoms with Crippen LogP contribution in [0.3, 0.4) is 0 Å². The van der Waals surface area contributed by atoms with Gasteiger partial charge in [-0.25, -0.2) is 0 Å². The predicted molar refractivity (Wildman–Crippen MR) is 71.6 cm³/mol. The topological polar surface area (TPSA) is 41.6 Å². The van der Waals surface area contributed by atoms with E-state index >= 15 is 0 Å². The van der Waals surface area contributed by atoms with Crippen LogP contribution in [-0.2, 0) is 9.53 Å². The van der Waals surface area contributed by atoms with Crippen LogP contribution < -0.4 is 5.32 Å². The number of likely N-dealkylation sites (tertiary alicyclic amines) is 1. The lowest BCUT2D eigenvalue weighted by Crippen LogP contribution is -2.49. The minimum absolute atomic E-state index is 0. The average Bonchev–Trinajstić information content (AvgIpc) is 2.31. The molecular weight excluding hydrogens is 240 g/mol. The van der Waals surface area contributed by atoms with Crippen molar-refractivity contribution >= 4 is 18.4 Å². The first-order chi connectivity index (χ1) is 7.72. The first-order valence-electron chi connectivity index (χ1n) is 6.30. The van der Waals surface area contributed by atoms with Crippen molar-refractivity contribution in [3.63, 3.8) is 0 Å². The van der Waals surface area contributed by atoms with Crippen LogP contribution in [-0.4, -0.2) is 49.7 Å². The van der Waals surface area contributed by atoms with E-state index in [1.54, 1.807) is 0 Å². The van der Waals surface area contributed by atoms with E-state index in [0.717, 1.165) is 32.4 Å². The third-order valence-corrected chi connectivity index (χ3v) is 3.32. The van der Waals surface area contributed by atoms with E-state index in [1.165, 1.54) is 0 Å². The molecule has 1 aliphatic heterocycles. The lowest BCUT2D eigenvalue weighted by Gasteiger charge is -2.35. The van der Waals surface area contributed by atoms with E-state index in [1.807, 2.05) is 20.9 Å². The second kappa shape index (κ2) is 8.72. The number of ether oxygens (including phenoxy) is 1. The molecule has 102 valence electrons. The molecule has 0 aromatic rings. The van der Waals surface area contributed by atoms with Gasteiger partial charge in [0.25, 0.3) is 0 Å². The maximum atomic E-state index is 11.7. The van der Waals surface area contributed by atoms with E-state index in [2.05, 4.69) is 10.2 Å². The van der Waals surface area contributed by atoms with E-state index in [9.17, 15) is 4.79 Å². The standard InChI is InChI=1S/C12H24N2O2.ClH/c1-4-11(12(15)16-5-2)14-8-6-10(13-3)7-9-14;/h10-11,13H,4-9H2,1-3H3;1H. The van der Waals surface area contributed by atoms with E-state index in [0.29, 0.717) is 12.6 Å². The maximum absolute atomic E-state index is 11.7. The molecule has 1 aliphatic rings. The SMILES string of the molecule is CCOC(=O)C(CC)N1CCC(NC)CC1.Cl. The molecule has 17 heavy (non-hydrogen) atoms. The van der Waals surface area contributed by atoms with Crippen LogP contribution in [0.25, 0.3) is 0 Å². The Labute approximate surface area is 110 Å². The van der Waals surface area contributed by atoms with E-state index < -0.39 is 0 Å². The normalized spacial score (nSPS) is 19.5. The van der Waals surface area contributed by atoms with Crippen molar-refractivity contribution in [3.05, 3.63) is 0 Å². The molecule has 1 atom stereocenters. The van der Waals surface area contributed by atoms with Gasteiger partial charge in [-0.05, 0) is 33.2 Å². The van der Waals surface area contributed by atoms with Gasteiger partial charge in [-0.3, -0.25) is 9.69 Å². The minimum atomic E-state index is -0.0621. The molecule has 0 spiro atoms. The van der Waals surface area contributed by atoms with Crippen molar-refractivity contribution in [2.75, 3.05) is 26.7 Å². The zero-order valence-corrected chi connectivity index (χ0v) is 11.9. The Bertz CT molecular complexity index is 219. The summed E-state index contributed by atoms with van der Waals surface area (Å²) in [6.45, 7) is 6.36. The zero-order chi connectivity index (χ0) is 12.0. The number of hydrogen-bond donors (Lipinski definition) is 1. The summed E-state index contributed by atoms with van der Waals surface area (Å²) in [5.41, 5.74) is 0. The fourth-order valence-corrected chi connectivity index (χ4v) is 2.31. The molecule has 1 unspecified atom stereocenters. The van der Waals surface area contributed by atoms with Gasteiger partial charge in [-0.2, -0.15) is 0 Å². The number of carbonyl (C=O) groups is 1. The van der Waals surface area contributed by atoms with Gasteiger partial charge in [-0.1, -0.05) is 6.92 Å². The number of esters is 1. The second-order valence-corrected chi connectivity index (χ2v) is 4.28. The van der Waals surface area contributed by atoms with Crippen molar-refractivity contribution in [2.45, 2.75) is 45.2 Å². The lowest BCUT2D eigenvalue weighted by atomic mass is 10.0. The van der Waals surface area contributed by atoms with Gasteiger partial charge >= 0.3 is 5.97 Å². The van der Waals surface area contributed by atoms with Gasteiger partial charge in [0.05, 0.1) is 6.61 Å². The molecule has 1 N–H and O–H groups in total. The smallest absolute Gasteiger partial charge is 0.323 e. The summed E-state index contributed by atoms with van der Waals surface area (Å²) in [5, 5.41) is 3.29. The van der Waals surface area contributed by atoms with Gasteiger partial charge in [0.15, 0.2) is 0 Å². The Hall–Kier alpha value is -0.320. The van der Waals surface area contributed by atoms with Crippen LogP contribution >= 0.6 is 12.4 Å². The number of hydrogen-bond acceptors (Lipinski definition) is 4. The van der Waals surface area contributed by atoms with Crippen molar-refractivity contribution in [1.82, 2.24) is 10.2 Å². The maximum Gasteiger partial charge on any atom is 0.323 e. The van der Waals surface area contributed by atoms with E-state index in [4.69, 9.17) is 4.74 Å². The molecule has 0 aromatic heterocycles. The number of nitrogens with one attached hydrogen (secondary N) is 1. The molecule has 0 aromatic carbocycles. The molecule has 1 heterocycles. The van der Waals surface area contributed by atoms with Gasteiger partial charge in [0.2, 0.25) is 0 Å². The van der Waals surface area contributed by atoms with Crippen LogP contribution in [0.1, 0.15) is 33.1 Å². The zero-order valence-electron chi connectivity index (χ0n) is 11.1. The fraction of sp³-hybridized carbons (Fsp3) is 0.917. The number of rotatable bonds is 5. The molecule has 0 bridgehead atoms. The Morgan fingerprint density at radius 2 is 2.00 bits per heavy atom. The Balaban J connectivity index is 0.00000256. The average molecular weight is 265 g/mol. The molecule has 1 saturated heterocycles. The van der Waals surface area contributed by atoms with Crippen molar-refractivity contribution in [3.8, 4) is 0 Å². The number of halogens is 1. The molecule has 1 fully saturated rings. The van der Waals surface area contributed by atoms with Crippen LogP contribution in [0.15, 0.2) is 0 Å². The Kier molecular flexibility index (Phi) is 8.56. The largest absolute Gasteiger partial charge is 0.465 e.